The molecule has 0 bridgehead atoms. The zero-order valence-electron chi connectivity index (χ0n) is 11.1. The van der Waals surface area contributed by atoms with Crippen molar-refractivity contribution in [2.24, 2.45) is 0 Å². The van der Waals surface area contributed by atoms with Crippen LogP contribution in [0.1, 0.15) is 25.3 Å². The maximum absolute atomic E-state index is 12.0. The predicted molar refractivity (Wildman–Crippen MR) is 72.9 cm³/mol. The molecule has 0 spiro atoms. The molecular formula is C14H17F3O2S. The Labute approximate surface area is 120 Å². The quantitative estimate of drug-likeness (QED) is 0.918. The second-order valence-electron chi connectivity index (χ2n) is 5.18. The molecule has 1 aliphatic heterocycles. The van der Waals surface area contributed by atoms with Gasteiger partial charge in [-0.25, -0.2) is 0 Å². The number of aliphatic hydroxyl groups is 1. The summed E-state index contributed by atoms with van der Waals surface area (Å²) in [5.74, 6) is 0.809. The van der Waals surface area contributed by atoms with Crippen LogP contribution in [0.5, 0.6) is 5.75 Å². The number of thioether (sulfide) groups is 1. The van der Waals surface area contributed by atoms with E-state index in [0.717, 1.165) is 24.2 Å². The molecule has 112 valence electrons. The standard InChI is InChI=1S/C14H17F3O2S/c1-13(7-2-8-20-13)12(18)9-10-3-5-11(6-4-10)19-14(15,16)17/h3-6,12,18H,2,7-9H2,1H3. The van der Waals surface area contributed by atoms with Crippen LogP contribution >= 0.6 is 11.8 Å². The minimum atomic E-state index is -4.67. The van der Waals surface area contributed by atoms with Crippen molar-refractivity contribution < 1.29 is 23.0 Å². The van der Waals surface area contributed by atoms with E-state index in [4.69, 9.17) is 0 Å². The molecular weight excluding hydrogens is 289 g/mol. The lowest BCUT2D eigenvalue weighted by molar-refractivity contribution is -0.274. The van der Waals surface area contributed by atoms with E-state index >= 15 is 0 Å². The van der Waals surface area contributed by atoms with Crippen LogP contribution in [0.15, 0.2) is 24.3 Å². The molecule has 2 nitrogen and oxygen atoms in total. The molecule has 0 saturated carbocycles. The van der Waals surface area contributed by atoms with E-state index in [9.17, 15) is 18.3 Å². The van der Waals surface area contributed by atoms with Crippen molar-refractivity contribution in [3.05, 3.63) is 29.8 Å². The van der Waals surface area contributed by atoms with E-state index in [1.807, 2.05) is 6.92 Å². The lowest BCUT2D eigenvalue weighted by Crippen LogP contribution is -2.35. The molecule has 20 heavy (non-hydrogen) atoms. The Morgan fingerprint density at radius 1 is 1.35 bits per heavy atom. The molecule has 2 unspecified atom stereocenters. The molecule has 1 heterocycles. The minimum Gasteiger partial charge on any atom is -0.406 e. The van der Waals surface area contributed by atoms with Crippen LogP contribution in [0.3, 0.4) is 0 Å². The number of benzene rings is 1. The third kappa shape index (κ3) is 4.06. The lowest BCUT2D eigenvalue weighted by atomic mass is 9.93. The van der Waals surface area contributed by atoms with Gasteiger partial charge < -0.3 is 9.84 Å². The van der Waals surface area contributed by atoms with Crippen LogP contribution in [0.25, 0.3) is 0 Å². The first-order valence-electron chi connectivity index (χ1n) is 6.45. The van der Waals surface area contributed by atoms with Crippen molar-refractivity contribution in [2.75, 3.05) is 5.75 Å². The molecule has 0 radical (unpaired) electrons. The molecule has 1 aromatic carbocycles. The first-order chi connectivity index (χ1) is 9.28. The molecule has 1 aromatic rings. The fraction of sp³-hybridized carbons (Fsp3) is 0.571. The van der Waals surface area contributed by atoms with Crippen LogP contribution in [-0.2, 0) is 6.42 Å². The van der Waals surface area contributed by atoms with E-state index < -0.39 is 12.5 Å². The van der Waals surface area contributed by atoms with E-state index in [0.29, 0.717) is 6.42 Å². The summed E-state index contributed by atoms with van der Waals surface area (Å²) in [7, 11) is 0. The maximum atomic E-state index is 12.0. The Balaban J connectivity index is 1.97. The van der Waals surface area contributed by atoms with Crippen LogP contribution in [0.4, 0.5) is 13.2 Å². The lowest BCUT2D eigenvalue weighted by Gasteiger charge is -2.29. The highest BCUT2D eigenvalue weighted by Crippen LogP contribution is 2.41. The van der Waals surface area contributed by atoms with Crippen LogP contribution in [-0.4, -0.2) is 28.1 Å². The number of alkyl halides is 3. The summed E-state index contributed by atoms with van der Waals surface area (Å²) in [6.07, 6.45) is -2.67. The summed E-state index contributed by atoms with van der Waals surface area (Å²) in [6.45, 7) is 2.04. The van der Waals surface area contributed by atoms with E-state index in [-0.39, 0.29) is 10.5 Å². The molecule has 1 aliphatic rings. The minimum absolute atomic E-state index is 0.152. The van der Waals surface area contributed by atoms with Gasteiger partial charge >= 0.3 is 6.36 Å². The van der Waals surface area contributed by atoms with Crippen molar-refractivity contribution in [3.8, 4) is 5.75 Å². The van der Waals surface area contributed by atoms with Gasteiger partial charge in [-0.1, -0.05) is 12.1 Å². The molecule has 1 saturated heterocycles. The molecule has 2 atom stereocenters. The van der Waals surface area contributed by atoms with Crippen molar-refractivity contribution in [3.63, 3.8) is 0 Å². The summed E-state index contributed by atoms with van der Waals surface area (Å²) in [6, 6.07) is 5.68. The van der Waals surface area contributed by atoms with Crippen molar-refractivity contribution >= 4 is 11.8 Å². The van der Waals surface area contributed by atoms with Crippen LogP contribution in [0.2, 0.25) is 0 Å². The molecule has 0 aliphatic carbocycles. The summed E-state index contributed by atoms with van der Waals surface area (Å²) >= 11 is 1.76. The largest absolute Gasteiger partial charge is 0.573 e. The molecule has 2 rings (SSSR count). The monoisotopic (exact) mass is 306 g/mol. The molecule has 1 N–H and O–H groups in total. The van der Waals surface area contributed by atoms with Gasteiger partial charge in [-0.2, -0.15) is 11.8 Å². The maximum Gasteiger partial charge on any atom is 0.573 e. The number of hydrogen-bond acceptors (Lipinski definition) is 3. The third-order valence-electron chi connectivity index (χ3n) is 3.54. The van der Waals surface area contributed by atoms with Crippen molar-refractivity contribution in [1.82, 2.24) is 0 Å². The smallest absolute Gasteiger partial charge is 0.406 e. The molecule has 0 aromatic heterocycles. The molecule has 0 amide bonds. The topological polar surface area (TPSA) is 29.5 Å². The molecule has 6 heteroatoms. The Bertz CT molecular complexity index is 439. The Morgan fingerprint density at radius 3 is 2.50 bits per heavy atom. The Kier molecular flexibility index (Phi) is 4.54. The summed E-state index contributed by atoms with van der Waals surface area (Å²) in [5.41, 5.74) is 0.806. The van der Waals surface area contributed by atoms with Crippen molar-refractivity contribution in [1.29, 1.82) is 0 Å². The molecule has 1 fully saturated rings. The Morgan fingerprint density at radius 2 is 2.00 bits per heavy atom. The zero-order valence-corrected chi connectivity index (χ0v) is 11.9. The van der Waals surface area contributed by atoms with Gasteiger partial charge in [0.25, 0.3) is 0 Å². The summed E-state index contributed by atoms with van der Waals surface area (Å²) in [4.78, 5) is 0. The summed E-state index contributed by atoms with van der Waals surface area (Å²) in [5, 5.41) is 10.3. The highest BCUT2D eigenvalue weighted by atomic mass is 32.2. The zero-order chi connectivity index (χ0) is 14.8. The number of rotatable bonds is 4. The third-order valence-corrected chi connectivity index (χ3v) is 5.17. The number of ether oxygens (including phenoxy) is 1. The van der Waals surface area contributed by atoms with Gasteiger partial charge in [-0.15, -0.1) is 13.2 Å². The first-order valence-corrected chi connectivity index (χ1v) is 7.44. The second-order valence-corrected chi connectivity index (χ2v) is 6.81. The van der Waals surface area contributed by atoms with Crippen LogP contribution < -0.4 is 4.74 Å². The Hall–Kier alpha value is -0.880. The average Bonchev–Trinajstić information content (AvgIpc) is 2.78. The first kappa shape index (κ1) is 15.5. The summed E-state index contributed by atoms with van der Waals surface area (Å²) < 4.78 is 39.8. The van der Waals surface area contributed by atoms with Gasteiger partial charge in [-0.05, 0) is 49.6 Å². The van der Waals surface area contributed by atoms with Gasteiger partial charge in [0.15, 0.2) is 0 Å². The second kappa shape index (κ2) is 5.85. The average molecular weight is 306 g/mol. The van der Waals surface area contributed by atoms with E-state index in [2.05, 4.69) is 4.74 Å². The fourth-order valence-electron chi connectivity index (χ4n) is 2.33. The fourth-order valence-corrected chi connectivity index (χ4v) is 3.65. The van der Waals surface area contributed by atoms with Gasteiger partial charge in [0.1, 0.15) is 5.75 Å². The van der Waals surface area contributed by atoms with Gasteiger partial charge in [0.05, 0.1) is 6.10 Å². The van der Waals surface area contributed by atoms with E-state index in [1.165, 1.54) is 12.1 Å². The highest BCUT2D eigenvalue weighted by Gasteiger charge is 2.36. The predicted octanol–water partition coefficient (Wildman–Crippen LogP) is 3.77. The number of aliphatic hydroxyl groups excluding tert-OH is 1. The normalized spacial score (nSPS) is 24.6. The van der Waals surface area contributed by atoms with Crippen LogP contribution in [0, 0.1) is 0 Å². The highest BCUT2D eigenvalue weighted by molar-refractivity contribution is 8.00. The number of hydrogen-bond donors (Lipinski definition) is 1. The number of halogens is 3. The SMILES string of the molecule is CC1(C(O)Cc2ccc(OC(F)(F)F)cc2)CCCS1. The van der Waals surface area contributed by atoms with E-state index in [1.54, 1.807) is 23.9 Å². The van der Waals surface area contributed by atoms with Crippen molar-refractivity contribution in [2.45, 2.75) is 43.4 Å². The van der Waals surface area contributed by atoms with Gasteiger partial charge in [0, 0.05) is 4.75 Å². The van der Waals surface area contributed by atoms with Gasteiger partial charge in [0.2, 0.25) is 0 Å². The van der Waals surface area contributed by atoms with Gasteiger partial charge in [-0.3, -0.25) is 0 Å².